The fourth-order valence-corrected chi connectivity index (χ4v) is 7.30. The Morgan fingerprint density at radius 3 is 2.51 bits per heavy atom. The lowest BCUT2D eigenvalue weighted by Crippen LogP contribution is -2.35. The van der Waals surface area contributed by atoms with Gasteiger partial charge in [0.1, 0.15) is 24.5 Å². The number of carbonyl (C=O) groups is 2. The van der Waals surface area contributed by atoms with E-state index in [2.05, 4.69) is 63.1 Å². The van der Waals surface area contributed by atoms with Crippen LogP contribution in [0.5, 0.6) is 0 Å². The lowest BCUT2D eigenvalue weighted by molar-refractivity contribution is -0.0200. The zero-order valence-corrected chi connectivity index (χ0v) is 30.8. The number of pyridine rings is 1. The molecule has 0 spiro atoms. The van der Waals surface area contributed by atoms with Gasteiger partial charge >= 0.3 is 5.69 Å². The van der Waals surface area contributed by atoms with Gasteiger partial charge in [0.25, 0.3) is 20.3 Å². The number of benzene rings is 1. The van der Waals surface area contributed by atoms with Crippen LogP contribution in [0.3, 0.4) is 0 Å². The van der Waals surface area contributed by atoms with E-state index in [0.717, 1.165) is 0 Å². The Labute approximate surface area is 300 Å². The van der Waals surface area contributed by atoms with Crippen LogP contribution >= 0.6 is 8.53 Å². The SMILES string of the molecule is [C-]#[N+]CCOP(OC1CC(n2cc(/C=C/CNC(=O)c3ccc(NC)nc3)c(NC(=O)c3ccccc3)nc2=O)OC1CC)N(C(C)C)C(C)C. The van der Waals surface area contributed by atoms with Gasteiger partial charge in [-0.2, -0.15) is 4.98 Å². The van der Waals surface area contributed by atoms with E-state index in [0.29, 0.717) is 35.3 Å². The van der Waals surface area contributed by atoms with E-state index in [-0.39, 0.29) is 49.6 Å². The normalized spacial score (nSPS) is 17.9. The van der Waals surface area contributed by atoms with Crippen molar-refractivity contribution in [1.82, 2.24) is 24.5 Å². The summed E-state index contributed by atoms with van der Waals surface area (Å²) in [5, 5.41) is 8.50. The number of rotatable bonds is 17. The summed E-state index contributed by atoms with van der Waals surface area (Å²) >= 11 is 0. The first-order valence-corrected chi connectivity index (χ1v) is 18.1. The number of nitrogens with zero attached hydrogens (tertiary/aromatic N) is 5. The highest BCUT2D eigenvalue weighted by atomic mass is 31.2. The maximum Gasteiger partial charge on any atom is 0.351 e. The van der Waals surface area contributed by atoms with Crippen LogP contribution in [-0.2, 0) is 13.8 Å². The lowest BCUT2D eigenvalue weighted by atomic mass is 10.1. The van der Waals surface area contributed by atoms with E-state index in [4.69, 9.17) is 20.4 Å². The van der Waals surface area contributed by atoms with Crippen LogP contribution in [0, 0.1) is 6.57 Å². The van der Waals surface area contributed by atoms with Gasteiger partial charge in [-0.05, 0) is 58.4 Å². The third-order valence-electron chi connectivity index (χ3n) is 7.98. The van der Waals surface area contributed by atoms with Crippen LogP contribution < -0.4 is 21.6 Å². The Morgan fingerprint density at radius 1 is 1.14 bits per heavy atom. The largest absolute Gasteiger partial charge is 0.373 e. The zero-order valence-electron chi connectivity index (χ0n) is 29.9. The fourth-order valence-electron chi connectivity index (χ4n) is 5.55. The molecule has 4 atom stereocenters. The summed E-state index contributed by atoms with van der Waals surface area (Å²) in [7, 11) is 0.220. The van der Waals surface area contributed by atoms with E-state index in [9.17, 15) is 14.4 Å². The van der Waals surface area contributed by atoms with Crippen LogP contribution in [0.4, 0.5) is 11.6 Å². The Bertz CT molecular complexity index is 1720. The average Bonchev–Trinajstić information content (AvgIpc) is 3.53. The summed E-state index contributed by atoms with van der Waals surface area (Å²) in [5.74, 6) is -0.0206. The van der Waals surface area contributed by atoms with Gasteiger partial charge in [0.15, 0.2) is 0 Å². The monoisotopic (exact) mass is 718 g/mol. The maximum atomic E-state index is 13.5. The second kappa shape index (κ2) is 19.2. The van der Waals surface area contributed by atoms with Gasteiger partial charge in [0.05, 0.1) is 17.8 Å². The Balaban J connectivity index is 1.59. The summed E-state index contributed by atoms with van der Waals surface area (Å²) < 4.78 is 22.7. The maximum absolute atomic E-state index is 13.5. The molecule has 0 saturated carbocycles. The first-order chi connectivity index (χ1) is 24.6. The Hall–Kier alpha value is -4.51. The zero-order chi connectivity index (χ0) is 36.9. The Kier molecular flexibility index (Phi) is 14.8. The van der Waals surface area contributed by atoms with Gasteiger partial charge in [0, 0.05) is 55.6 Å². The number of anilines is 2. The molecule has 3 N–H and O–H groups in total. The van der Waals surface area contributed by atoms with Gasteiger partial charge in [-0.25, -0.2) is 21.0 Å². The van der Waals surface area contributed by atoms with Crippen LogP contribution in [-0.4, -0.2) is 82.1 Å². The van der Waals surface area contributed by atoms with Crippen LogP contribution in [0.25, 0.3) is 10.9 Å². The van der Waals surface area contributed by atoms with Crippen molar-refractivity contribution in [1.29, 1.82) is 0 Å². The van der Waals surface area contributed by atoms with Crippen molar-refractivity contribution in [2.75, 3.05) is 37.4 Å². The summed E-state index contributed by atoms with van der Waals surface area (Å²) in [5.41, 5.74) is 0.632. The third kappa shape index (κ3) is 10.7. The predicted octanol–water partition coefficient (Wildman–Crippen LogP) is 5.74. The van der Waals surface area contributed by atoms with Crippen molar-refractivity contribution in [3.05, 3.63) is 99.5 Å². The number of hydrogen-bond acceptors (Lipinski definition) is 10. The number of hydrogen-bond donors (Lipinski definition) is 3. The molecule has 2 amide bonds. The highest BCUT2D eigenvalue weighted by molar-refractivity contribution is 7.44. The molecule has 0 bridgehead atoms. The molecule has 51 heavy (non-hydrogen) atoms. The molecule has 1 saturated heterocycles. The van der Waals surface area contributed by atoms with Gasteiger partial charge in [-0.3, -0.25) is 14.2 Å². The van der Waals surface area contributed by atoms with Crippen molar-refractivity contribution < 1.29 is 23.4 Å². The number of aromatic nitrogens is 3. The van der Waals surface area contributed by atoms with E-state index in [1.165, 1.54) is 10.8 Å². The molecular weight excluding hydrogens is 671 g/mol. The van der Waals surface area contributed by atoms with E-state index in [1.807, 2.05) is 6.92 Å². The molecule has 14 nitrogen and oxygen atoms in total. The number of nitrogens with one attached hydrogen (secondary N) is 3. The summed E-state index contributed by atoms with van der Waals surface area (Å²) in [6, 6.07) is 12.3. The van der Waals surface area contributed by atoms with Gasteiger partial charge < -0.3 is 34.6 Å². The second-order valence-corrected chi connectivity index (χ2v) is 13.7. The summed E-state index contributed by atoms with van der Waals surface area (Å²) in [4.78, 5) is 51.2. The number of ether oxygens (including phenoxy) is 1. The van der Waals surface area contributed by atoms with E-state index < -0.39 is 32.5 Å². The molecule has 1 aromatic carbocycles. The van der Waals surface area contributed by atoms with E-state index >= 15 is 0 Å². The van der Waals surface area contributed by atoms with Gasteiger partial charge in [-0.15, -0.1) is 0 Å². The molecule has 15 heteroatoms. The minimum absolute atomic E-state index is 0.0682. The topological polar surface area (TPSA) is 153 Å². The lowest BCUT2D eigenvalue weighted by Gasteiger charge is -2.37. The van der Waals surface area contributed by atoms with Crippen molar-refractivity contribution in [3.8, 4) is 0 Å². The highest BCUT2D eigenvalue weighted by Gasteiger charge is 2.41. The number of carbonyl (C=O) groups excluding carboxylic acids is 2. The fraction of sp³-hybridized carbons (Fsp3) is 0.444. The van der Waals surface area contributed by atoms with Crippen molar-refractivity contribution in [3.63, 3.8) is 0 Å². The highest BCUT2D eigenvalue weighted by Crippen LogP contribution is 2.50. The molecule has 272 valence electrons. The van der Waals surface area contributed by atoms with Crippen molar-refractivity contribution in [2.45, 2.75) is 78.0 Å². The predicted molar refractivity (Wildman–Crippen MR) is 198 cm³/mol. The molecule has 0 radical (unpaired) electrons. The van der Waals surface area contributed by atoms with Crippen LogP contribution in [0.1, 0.15) is 80.0 Å². The first kappa shape index (κ1) is 39.3. The van der Waals surface area contributed by atoms with Gasteiger partial charge in [0.2, 0.25) is 6.54 Å². The van der Waals surface area contributed by atoms with Gasteiger partial charge in [-0.1, -0.05) is 37.3 Å². The average molecular weight is 719 g/mol. The molecule has 2 aromatic heterocycles. The smallest absolute Gasteiger partial charge is 0.351 e. The Morgan fingerprint density at radius 2 is 1.88 bits per heavy atom. The molecular formula is C36H47N8O6P. The summed E-state index contributed by atoms with van der Waals surface area (Å²) in [6.07, 6.45) is 6.01. The number of amides is 2. The first-order valence-electron chi connectivity index (χ1n) is 17.0. The molecule has 3 heterocycles. The standard InChI is InChI=1S/C36H47N8O6P/c1-8-29-30(50-51(48-20-19-37-6)44(24(2)3)25(4)5)21-32(49-29)43-23-28(15-12-18-39-34(45)27-16-17-31(38-7)40-22-27)33(42-36(43)47)41-35(46)26-13-10-9-11-14-26/h9-17,22-25,29-30,32H,8,18-21H2,1-5,7H3,(H,38,40)(H,39,45)(H,41,42,46,47)/b15-12+. The van der Waals surface area contributed by atoms with Crippen molar-refractivity contribution in [2.24, 2.45) is 0 Å². The van der Waals surface area contributed by atoms with E-state index in [1.54, 1.807) is 67.9 Å². The van der Waals surface area contributed by atoms with Crippen LogP contribution in [0.2, 0.25) is 0 Å². The molecule has 1 fully saturated rings. The molecule has 1 aliphatic rings. The minimum Gasteiger partial charge on any atom is -0.373 e. The molecule has 3 aromatic rings. The molecule has 1 aliphatic heterocycles. The summed E-state index contributed by atoms with van der Waals surface area (Å²) in [6.45, 7) is 18.1. The molecule has 0 aliphatic carbocycles. The van der Waals surface area contributed by atoms with Crippen LogP contribution in [0.15, 0.2) is 65.7 Å². The quantitative estimate of drug-likeness (QED) is 0.0895. The minimum atomic E-state index is -1.53. The molecule has 4 rings (SSSR count). The third-order valence-corrected chi connectivity index (χ3v) is 10.1. The second-order valence-electron chi connectivity index (χ2n) is 12.3. The van der Waals surface area contributed by atoms with Crippen molar-refractivity contribution >= 4 is 38.1 Å². The molecule has 4 unspecified atom stereocenters.